The second kappa shape index (κ2) is 7.41. The number of esters is 2. The molecule has 104 valence electrons. The highest BCUT2D eigenvalue weighted by Crippen LogP contribution is 2.24. The van der Waals surface area contributed by atoms with Gasteiger partial charge in [-0.1, -0.05) is 12.1 Å². The molecule has 0 saturated heterocycles. The third-order valence-electron chi connectivity index (χ3n) is 2.52. The lowest BCUT2D eigenvalue weighted by Gasteiger charge is -2.09. The first-order chi connectivity index (χ1) is 9.10. The van der Waals surface area contributed by atoms with Crippen LogP contribution < -0.4 is 0 Å². The molecule has 0 amide bonds. The molecule has 0 unspecified atom stereocenters. The highest BCUT2D eigenvalue weighted by atomic mass is 16.5. The van der Waals surface area contributed by atoms with E-state index in [1.807, 2.05) is 0 Å². The molecule has 1 aromatic carbocycles. The Bertz CT molecular complexity index is 453. The molecule has 1 aromatic rings. The minimum Gasteiger partial charge on any atom is -0.507 e. The zero-order valence-corrected chi connectivity index (χ0v) is 11.1. The molecule has 0 radical (unpaired) electrons. The number of carbonyl (C=O) groups excluding carboxylic acids is 2. The standard InChI is InChI=1S/C14H18O5/c1-3-18-12(15)9-8-10-6-5-7-11(13(10)16)14(17)19-4-2/h5-7,16H,3-4,8-9H2,1-2H3. The topological polar surface area (TPSA) is 72.8 Å². The fourth-order valence-electron chi connectivity index (χ4n) is 1.64. The van der Waals surface area contributed by atoms with Gasteiger partial charge in [0.15, 0.2) is 0 Å². The van der Waals surface area contributed by atoms with Crippen LogP contribution in [0.25, 0.3) is 0 Å². The summed E-state index contributed by atoms with van der Waals surface area (Å²) in [5.74, 6) is -1.04. The molecular formula is C14H18O5. The summed E-state index contributed by atoms with van der Waals surface area (Å²) in [5.41, 5.74) is 0.641. The summed E-state index contributed by atoms with van der Waals surface area (Å²) < 4.78 is 9.64. The van der Waals surface area contributed by atoms with Crippen LogP contribution >= 0.6 is 0 Å². The zero-order valence-electron chi connectivity index (χ0n) is 11.1. The molecule has 0 heterocycles. The third-order valence-corrected chi connectivity index (χ3v) is 2.52. The molecule has 1 N–H and O–H groups in total. The molecule has 0 aliphatic carbocycles. The largest absolute Gasteiger partial charge is 0.507 e. The lowest BCUT2D eigenvalue weighted by Crippen LogP contribution is -2.08. The van der Waals surface area contributed by atoms with Crippen molar-refractivity contribution < 1.29 is 24.2 Å². The van der Waals surface area contributed by atoms with Crippen molar-refractivity contribution in [3.8, 4) is 5.75 Å². The normalized spacial score (nSPS) is 10.0. The van der Waals surface area contributed by atoms with Crippen LogP contribution in [-0.2, 0) is 20.7 Å². The number of aryl methyl sites for hydroxylation is 1. The summed E-state index contributed by atoms with van der Waals surface area (Å²) in [7, 11) is 0. The van der Waals surface area contributed by atoms with Gasteiger partial charge in [-0.25, -0.2) is 4.79 Å². The maximum absolute atomic E-state index is 11.6. The van der Waals surface area contributed by atoms with E-state index in [0.717, 1.165) is 0 Å². The van der Waals surface area contributed by atoms with Crippen LogP contribution in [0.4, 0.5) is 0 Å². The summed E-state index contributed by atoms with van der Waals surface area (Å²) in [6, 6.07) is 4.80. The number of phenols is 1. The molecule has 5 nitrogen and oxygen atoms in total. The lowest BCUT2D eigenvalue weighted by molar-refractivity contribution is -0.143. The Morgan fingerprint density at radius 1 is 1.16 bits per heavy atom. The molecule has 0 atom stereocenters. The molecule has 0 saturated carbocycles. The zero-order chi connectivity index (χ0) is 14.3. The smallest absolute Gasteiger partial charge is 0.341 e. The van der Waals surface area contributed by atoms with Gasteiger partial charge in [0, 0.05) is 6.42 Å². The number of phenolic OH excluding ortho intramolecular Hbond substituents is 1. The van der Waals surface area contributed by atoms with Gasteiger partial charge in [-0.15, -0.1) is 0 Å². The van der Waals surface area contributed by atoms with Crippen LogP contribution in [0.2, 0.25) is 0 Å². The monoisotopic (exact) mass is 266 g/mol. The predicted octanol–water partition coefficient (Wildman–Crippen LogP) is 2.06. The Balaban J connectivity index is 2.77. The van der Waals surface area contributed by atoms with Gasteiger partial charge in [0.05, 0.1) is 13.2 Å². The Morgan fingerprint density at radius 3 is 2.47 bits per heavy atom. The first-order valence-electron chi connectivity index (χ1n) is 6.23. The van der Waals surface area contributed by atoms with Gasteiger partial charge in [-0.3, -0.25) is 4.79 Å². The number of benzene rings is 1. The van der Waals surface area contributed by atoms with E-state index in [4.69, 9.17) is 9.47 Å². The number of ether oxygens (including phenoxy) is 2. The molecule has 19 heavy (non-hydrogen) atoms. The molecule has 5 heteroatoms. The van der Waals surface area contributed by atoms with Crippen molar-refractivity contribution in [2.45, 2.75) is 26.7 Å². The Kier molecular flexibility index (Phi) is 5.85. The number of rotatable bonds is 6. The minimum absolute atomic E-state index is 0.114. The minimum atomic E-state index is -0.571. The summed E-state index contributed by atoms with van der Waals surface area (Å²) in [6.45, 7) is 4.00. The van der Waals surface area contributed by atoms with Crippen LogP contribution in [0.5, 0.6) is 5.75 Å². The fourth-order valence-corrected chi connectivity index (χ4v) is 1.64. The Morgan fingerprint density at radius 2 is 1.84 bits per heavy atom. The van der Waals surface area contributed by atoms with E-state index in [9.17, 15) is 14.7 Å². The van der Waals surface area contributed by atoms with E-state index < -0.39 is 5.97 Å². The van der Waals surface area contributed by atoms with Crippen molar-refractivity contribution in [1.29, 1.82) is 0 Å². The molecular weight excluding hydrogens is 248 g/mol. The predicted molar refractivity (Wildman–Crippen MR) is 69.0 cm³/mol. The maximum Gasteiger partial charge on any atom is 0.341 e. The van der Waals surface area contributed by atoms with Crippen LogP contribution in [0.1, 0.15) is 36.2 Å². The summed E-state index contributed by atoms with van der Waals surface area (Å²) in [4.78, 5) is 22.8. The lowest BCUT2D eigenvalue weighted by atomic mass is 10.0. The molecule has 0 spiro atoms. The number of hydrogen-bond donors (Lipinski definition) is 1. The molecule has 0 fully saturated rings. The van der Waals surface area contributed by atoms with Crippen molar-refractivity contribution in [2.75, 3.05) is 13.2 Å². The fraction of sp³-hybridized carbons (Fsp3) is 0.429. The van der Waals surface area contributed by atoms with Gasteiger partial charge in [0.1, 0.15) is 11.3 Å². The molecule has 0 bridgehead atoms. The first-order valence-corrected chi connectivity index (χ1v) is 6.23. The Hall–Kier alpha value is -2.04. The highest BCUT2D eigenvalue weighted by Gasteiger charge is 2.15. The van der Waals surface area contributed by atoms with Gasteiger partial charge in [-0.05, 0) is 31.9 Å². The van der Waals surface area contributed by atoms with Crippen molar-refractivity contribution in [3.05, 3.63) is 29.3 Å². The quantitative estimate of drug-likeness (QED) is 0.798. The summed E-state index contributed by atoms with van der Waals surface area (Å²) >= 11 is 0. The number of aromatic hydroxyl groups is 1. The number of para-hydroxylation sites is 1. The van der Waals surface area contributed by atoms with E-state index >= 15 is 0 Å². The average molecular weight is 266 g/mol. The average Bonchev–Trinajstić information content (AvgIpc) is 2.38. The van der Waals surface area contributed by atoms with Gasteiger partial charge in [0.2, 0.25) is 0 Å². The summed E-state index contributed by atoms with van der Waals surface area (Å²) in [5, 5.41) is 9.98. The maximum atomic E-state index is 11.6. The van der Waals surface area contributed by atoms with Gasteiger partial charge < -0.3 is 14.6 Å². The molecule has 1 rings (SSSR count). The Labute approximate surface area is 112 Å². The molecule has 0 aromatic heterocycles. The van der Waals surface area contributed by atoms with E-state index in [-0.39, 0.29) is 30.3 Å². The molecule has 0 aliphatic rings. The number of carbonyl (C=O) groups is 2. The van der Waals surface area contributed by atoms with Crippen molar-refractivity contribution in [2.24, 2.45) is 0 Å². The van der Waals surface area contributed by atoms with Gasteiger partial charge in [-0.2, -0.15) is 0 Å². The highest BCUT2D eigenvalue weighted by molar-refractivity contribution is 5.92. The first kappa shape index (κ1) is 15.0. The van der Waals surface area contributed by atoms with Crippen LogP contribution in [-0.4, -0.2) is 30.3 Å². The van der Waals surface area contributed by atoms with E-state index in [1.54, 1.807) is 26.0 Å². The van der Waals surface area contributed by atoms with Crippen molar-refractivity contribution in [3.63, 3.8) is 0 Å². The van der Waals surface area contributed by atoms with Gasteiger partial charge >= 0.3 is 11.9 Å². The van der Waals surface area contributed by atoms with Gasteiger partial charge in [0.25, 0.3) is 0 Å². The third kappa shape index (κ3) is 4.28. The van der Waals surface area contributed by atoms with Crippen LogP contribution in [0.3, 0.4) is 0 Å². The van der Waals surface area contributed by atoms with Crippen molar-refractivity contribution >= 4 is 11.9 Å². The second-order valence-corrected chi connectivity index (χ2v) is 3.84. The van der Waals surface area contributed by atoms with Crippen LogP contribution in [0.15, 0.2) is 18.2 Å². The van der Waals surface area contributed by atoms with E-state index in [2.05, 4.69) is 0 Å². The van der Waals surface area contributed by atoms with Crippen molar-refractivity contribution in [1.82, 2.24) is 0 Å². The SMILES string of the molecule is CCOC(=O)CCc1cccc(C(=O)OCC)c1O. The summed E-state index contributed by atoms with van der Waals surface area (Å²) in [6.07, 6.45) is 0.478. The second-order valence-electron chi connectivity index (χ2n) is 3.84. The molecule has 0 aliphatic heterocycles. The van der Waals surface area contributed by atoms with Crippen LogP contribution in [0, 0.1) is 0 Å². The van der Waals surface area contributed by atoms with E-state index in [1.165, 1.54) is 6.07 Å². The number of hydrogen-bond acceptors (Lipinski definition) is 5. The van der Waals surface area contributed by atoms with E-state index in [0.29, 0.717) is 18.6 Å².